The van der Waals surface area contributed by atoms with E-state index in [-0.39, 0.29) is 42.0 Å². The predicted molar refractivity (Wildman–Crippen MR) is 99.7 cm³/mol. The summed E-state index contributed by atoms with van der Waals surface area (Å²) in [4.78, 5) is 29.3. The van der Waals surface area contributed by atoms with Crippen molar-refractivity contribution in [1.29, 1.82) is 0 Å². The van der Waals surface area contributed by atoms with Crippen LogP contribution in [0.5, 0.6) is 0 Å². The van der Waals surface area contributed by atoms with Crippen LogP contribution in [0.1, 0.15) is 32.1 Å². The van der Waals surface area contributed by atoms with Crippen molar-refractivity contribution >= 4 is 21.7 Å². The first-order valence-electron chi connectivity index (χ1n) is 9.39. The Morgan fingerprint density at radius 2 is 1.78 bits per heavy atom. The summed E-state index contributed by atoms with van der Waals surface area (Å²) in [6, 6.07) is 8.09. The van der Waals surface area contributed by atoms with Gasteiger partial charge in [0, 0.05) is 26.1 Å². The molecule has 0 saturated carbocycles. The Labute approximate surface area is 159 Å². The average molecular weight is 394 g/mol. The summed E-state index contributed by atoms with van der Waals surface area (Å²) in [5.41, 5.74) is -0.860. The average Bonchev–Trinajstić information content (AvgIpc) is 3.09. The van der Waals surface area contributed by atoms with Crippen LogP contribution in [0, 0.1) is 0 Å². The Morgan fingerprint density at radius 1 is 1.11 bits per heavy atom. The highest BCUT2D eigenvalue weighted by molar-refractivity contribution is 7.91. The van der Waals surface area contributed by atoms with Crippen LogP contribution < -0.4 is 0 Å². The number of β-amino-alcohol motifs (C(OH)–C–C–N with tert-alkyl or cyclic N) is 1. The van der Waals surface area contributed by atoms with Gasteiger partial charge in [-0.15, -0.1) is 0 Å². The van der Waals surface area contributed by atoms with Gasteiger partial charge in [0.1, 0.15) is 5.54 Å². The van der Waals surface area contributed by atoms with E-state index in [1.165, 1.54) is 12.1 Å². The summed E-state index contributed by atoms with van der Waals surface area (Å²) in [6.07, 6.45) is 2.58. The molecule has 1 aromatic rings. The van der Waals surface area contributed by atoms with Crippen molar-refractivity contribution < 1.29 is 23.1 Å². The molecule has 7 nitrogen and oxygen atoms in total. The quantitative estimate of drug-likeness (QED) is 0.771. The van der Waals surface area contributed by atoms with E-state index in [1.54, 1.807) is 28.0 Å². The molecule has 2 aliphatic rings. The van der Waals surface area contributed by atoms with Crippen LogP contribution in [0.3, 0.4) is 0 Å². The SMILES string of the molecule is O=C(CCS(=O)(=O)c1ccccc1)N1CCCC12CCCN(CCO)C2=O. The molecule has 0 aliphatic carbocycles. The van der Waals surface area contributed by atoms with Gasteiger partial charge in [0.2, 0.25) is 11.8 Å². The molecule has 2 fully saturated rings. The molecule has 1 atom stereocenters. The molecule has 2 heterocycles. The Morgan fingerprint density at radius 3 is 2.44 bits per heavy atom. The molecule has 2 aliphatic heterocycles. The second-order valence-corrected chi connectivity index (χ2v) is 9.29. The summed E-state index contributed by atoms with van der Waals surface area (Å²) >= 11 is 0. The van der Waals surface area contributed by atoms with E-state index in [4.69, 9.17) is 0 Å². The van der Waals surface area contributed by atoms with Crippen LogP contribution >= 0.6 is 0 Å². The molecule has 3 rings (SSSR count). The third-order valence-electron chi connectivity index (χ3n) is 5.55. The maximum atomic E-state index is 13.0. The fourth-order valence-corrected chi connectivity index (χ4v) is 5.48. The second kappa shape index (κ2) is 7.98. The molecule has 0 radical (unpaired) electrons. The van der Waals surface area contributed by atoms with E-state index >= 15 is 0 Å². The fourth-order valence-electron chi connectivity index (χ4n) is 4.23. The first kappa shape index (κ1) is 19.8. The van der Waals surface area contributed by atoms with Crippen LogP contribution in [0.4, 0.5) is 0 Å². The molecule has 1 spiro atoms. The van der Waals surface area contributed by atoms with Crippen LogP contribution in [0.2, 0.25) is 0 Å². The van der Waals surface area contributed by atoms with Gasteiger partial charge in [-0.1, -0.05) is 18.2 Å². The number of carbonyl (C=O) groups is 2. The molecule has 27 heavy (non-hydrogen) atoms. The summed E-state index contributed by atoms with van der Waals surface area (Å²) in [5.74, 6) is -0.664. The van der Waals surface area contributed by atoms with Gasteiger partial charge >= 0.3 is 0 Å². The van der Waals surface area contributed by atoms with Gasteiger partial charge in [-0.05, 0) is 37.8 Å². The maximum absolute atomic E-state index is 13.0. The third-order valence-corrected chi connectivity index (χ3v) is 7.28. The Hall–Kier alpha value is -1.93. The molecule has 1 unspecified atom stereocenters. The summed E-state index contributed by atoms with van der Waals surface area (Å²) in [7, 11) is -3.54. The number of aliphatic hydroxyl groups is 1. The highest BCUT2D eigenvalue weighted by Gasteiger charge is 2.52. The van der Waals surface area contributed by atoms with Crippen LogP contribution in [-0.4, -0.2) is 72.7 Å². The van der Waals surface area contributed by atoms with Crippen LogP contribution in [0.15, 0.2) is 35.2 Å². The van der Waals surface area contributed by atoms with Crippen molar-refractivity contribution in [1.82, 2.24) is 9.80 Å². The number of hydrogen-bond acceptors (Lipinski definition) is 5. The molecule has 0 aromatic heterocycles. The van der Waals surface area contributed by atoms with Gasteiger partial charge in [-0.2, -0.15) is 0 Å². The Kier molecular flexibility index (Phi) is 5.86. The van der Waals surface area contributed by atoms with E-state index in [1.807, 2.05) is 0 Å². The van der Waals surface area contributed by atoms with Gasteiger partial charge < -0.3 is 14.9 Å². The zero-order valence-electron chi connectivity index (χ0n) is 15.3. The molecule has 2 saturated heterocycles. The Bertz CT molecular complexity index is 794. The standard InChI is InChI=1S/C19H26N2O5S/c22-14-13-20-11-4-9-19(18(20)24)10-5-12-21(19)17(23)8-15-27(25,26)16-6-2-1-3-7-16/h1-3,6-7,22H,4-5,8-15H2. The summed E-state index contributed by atoms with van der Waals surface area (Å²) < 4.78 is 24.9. The minimum atomic E-state index is -3.54. The molecule has 1 aromatic carbocycles. The number of piperidine rings is 1. The lowest BCUT2D eigenvalue weighted by Gasteiger charge is -2.44. The van der Waals surface area contributed by atoms with Gasteiger partial charge in [0.25, 0.3) is 0 Å². The van der Waals surface area contributed by atoms with Crippen molar-refractivity contribution in [2.45, 2.75) is 42.5 Å². The molecular formula is C19H26N2O5S. The number of nitrogens with zero attached hydrogens (tertiary/aromatic N) is 2. The molecule has 8 heteroatoms. The van der Waals surface area contributed by atoms with Gasteiger partial charge in [0.05, 0.1) is 17.3 Å². The number of benzene rings is 1. The normalized spacial score (nSPS) is 23.2. The lowest BCUT2D eigenvalue weighted by molar-refractivity contribution is -0.155. The number of amides is 2. The summed E-state index contributed by atoms with van der Waals surface area (Å²) in [6.45, 7) is 1.23. The number of hydrogen-bond donors (Lipinski definition) is 1. The number of carbonyl (C=O) groups excluding carboxylic acids is 2. The van der Waals surface area contributed by atoms with Crippen molar-refractivity contribution in [2.75, 3.05) is 32.0 Å². The van der Waals surface area contributed by atoms with Gasteiger partial charge in [-0.3, -0.25) is 9.59 Å². The van der Waals surface area contributed by atoms with E-state index in [9.17, 15) is 23.1 Å². The fraction of sp³-hybridized carbons (Fsp3) is 0.579. The first-order valence-corrected chi connectivity index (χ1v) is 11.0. The highest BCUT2D eigenvalue weighted by Crippen LogP contribution is 2.38. The van der Waals surface area contributed by atoms with Crippen molar-refractivity contribution in [3.63, 3.8) is 0 Å². The van der Waals surface area contributed by atoms with E-state index in [0.717, 1.165) is 12.8 Å². The van der Waals surface area contributed by atoms with E-state index in [0.29, 0.717) is 25.9 Å². The summed E-state index contributed by atoms with van der Waals surface area (Å²) in [5, 5.41) is 9.18. The van der Waals surface area contributed by atoms with Gasteiger partial charge in [0.15, 0.2) is 9.84 Å². The van der Waals surface area contributed by atoms with Crippen molar-refractivity contribution in [3.8, 4) is 0 Å². The molecule has 2 amide bonds. The first-order chi connectivity index (χ1) is 12.9. The predicted octanol–water partition coefficient (Wildman–Crippen LogP) is 0.826. The third kappa shape index (κ3) is 3.87. The number of sulfone groups is 1. The van der Waals surface area contributed by atoms with Crippen LogP contribution in [0.25, 0.3) is 0 Å². The van der Waals surface area contributed by atoms with Crippen molar-refractivity contribution in [3.05, 3.63) is 30.3 Å². The van der Waals surface area contributed by atoms with E-state index < -0.39 is 15.4 Å². The minimum Gasteiger partial charge on any atom is -0.395 e. The molecule has 148 valence electrons. The topological polar surface area (TPSA) is 95.0 Å². The van der Waals surface area contributed by atoms with E-state index in [2.05, 4.69) is 0 Å². The lowest BCUT2D eigenvalue weighted by atomic mass is 9.85. The highest BCUT2D eigenvalue weighted by atomic mass is 32.2. The number of rotatable bonds is 6. The molecule has 1 N–H and O–H groups in total. The molecular weight excluding hydrogens is 368 g/mol. The number of aliphatic hydroxyl groups excluding tert-OH is 1. The zero-order valence-corrected chi connectivity index (χ0v) is 16.2. The Balaban J connectivity index is 1.71. The second-order valence-electron chi connectivity index (χ2n) is 7.18. The van der Waals surface area contributed by atoms with Crippen LogP contribution in [-0.2, 0) is 19.4 Å². The zero-order chi connectivity index (χ0) is 19.5. The monoisotopic (exact) mass is 394 g/mol. The smallest absolute Gasteiger partial charge is 0.248 e. The molecule has 0 bridgehead atoms. The maximum Gasteiger partial charge on any atom is 0.248 e. The van der Waals surface area contributed by atoms with Crippen molar-refractivity contribution in [2.24, 2.45) is 0 Å². The minimum absolute atomic E-state index is 0.106. The van der Waals surface area contributed by atoms with Gasteiger partial charge in [-0.25, -0.2) is 8.42 Å². The number of likely N-dealkylation sites (tertiary alicyclic amines) is 2. The largest absolute Gasteiger partial charge is 0.395 e. The lowest BCUT2D eigenvalue weighted by Crippen LogP contribution is -2.61.